The van der Waals surface area contributed by atoms with E-state index in [2.05, 4.69) is 10.2 Å². The van der Waals surface area contributed by atoms with Crippen molar-refractivity contribution in [3.63, 3.8) is 0 Å². The number of ether oxygens (including phenoxy) is 1. The molecule has 0 spiro atoms. The van der Waals surface area contributed by atoms with Gasteiger partial charge in [-0.2, -0.15) is 0 Å². The first kappa shape index (κ1) is 17.8. The Morgan fingerprint density at radius 1 is 1.15 bits per heavy atom. The van der Waals surface area contributed by atoms with Crippen LogP contribution in [0.2, 0.25) is 0 Å². The molecule has 0 fully saturated rings. The van der Waals surface area contributed by atoms with Crippen LogP contribution in [0.4, 0.5) is 5.13 Å². The van der Waals surface area contributed by atoms with E-state index in [1.54, 1.807) is 35.2 Å². The maximum Gasteiger partial charge on any atom is 0.263 e. The van der Waals surface area contributed by atoms with Crippen LogP contribution in [-0.2, 0) is 0 Å². The van der Waals surface area contributed by atoms with Gasteiger partial charge in [0.05, 0.1) is 12.7 Å². The molecule has 0 saturated carbocycles. The third-order valence-electron chi connectivity index (χ3n) is 3.84. The number of aromatic nitrogens is 2. The standard InChI is InChI=1S/C19H17N3O3S/c1-3-22(18(24)15-6-4-5-7-16(15)25-2)19-21-20-17(26-19)14-10-8-13(12-23)9-11-14/h4-12H,3H2,1-2H3. The second-order valence-electron chi connectivity index (χ2n) is 5.38. The molecule has 0 aliphatic heterocycles. The molecule has 1 heterocycles. The summed E-state index contributed by atoms with van der Waals surface area (Å²) in [5.41, 5.74) is 1.92. The zero-order valence-electron chi connectivity index (χ0n) is 14.4. The molecule has 0 N–H and O–H groups in total. The second-order valence-corrected chi connectivity index (χ2v) is 6.34. The van der Waals surface area contributed by atoms with Gasteiger partial charge >= 0.3 is 0 Å². The topological polar surface area (TPSA) is 72.4 Å². The highest BCUT2D eigenvalue weighted by molar-refractivity contribution is 7.18. The second kappa shape index (κ2) is 7.88. The number of rotatable bonds is 6. The van der Waals surface area contributed by atoms with E-state index < -0.39 is 0 Å². The zero-order chi connectivity index (χ0) is 18.5. The molecular weight excluding hydrogens is 350 g/mol. The highest BCUT2D eigenvalue weighted by atomic mass is 32.1. The van der Waals surface area contributed by atoms with Crippen LogP contribution in [0.25, 0.3) is 10.6 Å². The summed E-state index contributed by atoms with van der Waals surface area (Å²) in [6.45, 7) is 2.34. The Morgan fingerprint density at radius 3 is 2.54 bits per heavy atom. The van der Waals surface area contributed by atoms with Crippen molar-refractivity contribution >= 4 is 28.7 Å². The zero-order valence-corrected chi connectivity index (χ0v) is 15.2. The van der Waals surface area contributed by atoms with E-state index >= 15 is 0 Å². The lowest BCUT2D eigenvalue weighted by atomic mass is 10.2. The van der Waals surface area contributed by atoms with Crippen molar-refractivity contribution in [1.29, 1.82) is 0 Å². The highest BCUT2D eigenvalue weighted by Gasteiger charge is 2.23. The summed E-state index contributed by atoms with van der Waals surface area (Å²) in [5.74, 6) is 0.328. The van der Waals surface area contributed by atoms with Crippen molar-refractivity contribution < 1.29 is 14.3 Å². The molecule has 1 aromatic heterocycles. The first-order valence-corrected chi connectivity index (χ1v) is 8.83. The van der Waals surface area contributed by atoms with Crippen LogP contribution >= 0.6 is 11.3 Å². The number of hydrogen-bond donors (Lipinski definition) is 0. The maximum absolute atomic E-state index is 12.9. The minimum Gasteiger partial charge on any atom is -0.496 e. The number of benzene rings is 2. The van der Waals surface area contributed by atoms with Gasteiger partial charge in [0, 0.05) is 17.7 Å². The molecule has 3 aromatic rings. The summed E-state index contributed by atoms with van der Waals surface area (Å²) >= 11 is 1.32. The number of hydrogen-bond acceptors (Lipinski definition) is 6. The Kier molecular flexibility index (Phi) is 5.38. The molecular formula is C19H17N3O3S. The van der Waals surface area contributed by atoms with Gasteiger partial charge in [0.15, 0.2) is 0 Å². The average molecular weight is 367 g/mol. The summed E-state index contributed by atoms with van der Waals surface area (Å²) in [5, 5.41) is 9.55. The predicted octanol–water partition coefficient (Wildman–Crippen LogP) is 3.69. The van der Waals surface area contributed by atoms with E-state index in [1.165, 1.54) is 18.4 Å². The van der Waals surface area contributed by atoms with Gasteiger partial charge < -0.3 is 4.74 Å². The lowest BCUT2D eigenvalue weighted by Crippen LogP contribution is -2.30. The number of carbonyl (C=O) groups excluding carboxylic acids is 2. The molecule has 7 heteroatoms. The number of nitrogens with zero attached hydrogens (tertiary/aromatic N) is 3. The van der Waals surface area contributed by atoms with Gasteiger partial charge in [-0.1, -0.05) is 47.7 Å². The van der Waals surface area contributed by atoms with Gasteiger partial charge in [-0.25, -0.2) is 0 Å². The van der Waals surface area contributed by atoms with Gasteiger partial charge in [-0.3, -0.25) is 14.5 Å². The molecule has 0 saturated heterocycles. The van der Waals surface area contributed by atoms with Crippen molar-refractivity contribution in [3.8, 4) is 16.3 Å². The third kappa shape index (κ3) is 3.48. The molecule has 1 amide bonds. The first-order valence-electron chi connectivity index (χ1n) is 8.02. The Labute approximate surface area is 155 Å². The van der Waals surface area contributed by atoms with Crippen molar-refractivity contribution in [2.75, 3.05) is 18.6 Å². The molecule has 2 aromatic carbocycles. The third-order valence-corrected chi connectivity index (χ3v) is 4.83. The fourth-order valence-corrected chi connectivity index (χ4v) is 3.39. The summed E-state index contributed by atoms with van der Waals surface area (Å²) < 4.78 is 5.28. The largest absolute Gasteiger partial charge is 0.496 e. The van der Waals surface area contributed by atoms with E-state index in [4.69, 9.17) is 4.74 Å². The predicted molar refractivity (Wildman–Crippen MR) is 101 cm³/mol. The molecule has 0 aliphatic rings. The number of amides is 1. The van der Waals surface area contributed by atoms with Crippen LogP contribution in [0.3, 0.4) is 0 Å². The van der Waals surface area contributed by atoms with Gasteiger partial charge in [-0.05, 0) is 19.1 Å². The Morgan fingerprint density at radius 2 is 1.88 bits per heavy atom. The molecule has 6 nitrogen and oxygen atoms in total. The van der Waals surface area contributed by atoms with Crippen LogP contribution < -0.4 is 9.64 Å². The lowest BCUT2D eigenvalue weighted by molar-refractivity contribution is 0.0984. The molecule has 0 bridgehead atoms. The normalized spacial score (nSPS) is 10.4. The SMILES string of the molecule is CCN(C(=O)c1ccccc1OC)c1nnc(-c2ccc(C=O)cc2)s1. The molecule has 3 rings (SSSR count). The first-order chi connectivity index (χ1) is 12.7. The smallest absolute Gasteiger partial charge is 0.263 e. The number of aldehydes is 1. The molecule has 0 radical (unpaired) electrons. The maximum atomic E-state index is 12.9. The van der Waals surface area contributed by atoms with E-state index in [-0.39, 0.29) is 5.91 Å². The number of carbonyl (C=O) groups is 2. The lowest BCUT2D eigenvalue weighted by Gasteiger charge is -2.18. The van der Waals surface area contributed by atoms with Crippen molar-refractivity contribution in [1.82, 2.24) is 10.2 Å². The molecule has 0 atom stereocenters. The van der Waals surface area contributed by atoms with Crippen LogP contribution in [0.5, 0.6) is 5.75 Å². The Bertz CT molecular complexity index is 922. The van der Waals surface area contributed by atoms with E-state index in [1.807, 2.05) is 25.1 Å². The van der Waals surface area contributed by atoms with Crippen LogP contribution in [0, 0.1) is 0 Å². The molecule has 132 valence electrons. The molecule has 0 aliphatic carbocycles. The van der Waals surface area contributed by atoms with Crippen molar-refractivity contribution in [2.45, 2.75) is 6.92 Å². The molecule has 26 heavy (non-hydrogen) atoms. The summed E-state index contributed by atoms with van der Waals surface area (Å²) in [6.07, 6.45) is 0.792. The fraction of sp³-hybridized carbons (Fsp3) is 0.158. The van der Waals surface area contributed by atoms with Crippen LogP contribution in [-0.4, -0.2) is 36.0 Å². The Balaban J connectivity index is 1.90. The number of anilines is 1. The minimum atomic E-state index is -0.191. The quantitative estimate of drug-likeness (QED) is 0.621. The van der Waals surface area contributed by atoms with Crippen LogP contribution in [0.1, 0.15) is 27.6 Å². The summed E-state index contributed by atoms with van der Waals surface area (Å²) in [7, 11) is 1.54. The van der Waals surface area contributed by atoms with Gasteiger partial charge in [0.25, 0.3) is 5.91 Å². The average Bonchev–Trinajstić information content (AvgIpc) is 3.18. The van der Waals surface area contributed by atoms with Crippen LogP contribution in [0.15, 0.2) is 48.5 Å². The highest BCUT2D eigenvalue weighted by Crippen LogP contribution is 2.30. The van der Waals surface area contributed by atoms with Crippen molar-refractivity contribution in [3.05, 3.63) is 59.7 Å². The number of para-hydroxylation sites is 1. The monoisotopic (exact) mass is 367 g/mol. The van der Waals surface area contributed by atoms with E-state index in [0.717, 1.165) is 11.8 Å². The molecule has 0 unspecified atom stereocenters. The van der Waals surface area contributed by atoms with Gasteiger partial charge in [0.2, 0.25) is 5.13 Å². The summed E-state index contributed by atoms with van der Waals surface area (Å²) in [6, 6.07) is 14.2. The Hall–Kier alpha value is -3.06. The van der Waals surface area contributed by atoms with Gasteiger partial charge in [-0.15, -0.1) is 10.2 Å². The van der Waals surface area contributed by atoms with Gasteiger partial charge in [0.1, 0.15) is 17.0 Å². The minimum absolute atomic E-state index is 0.191. The fourth-order valence-electron chi connectivity index (χ4n) is 2.48. The van der Waals surface area contributed by atoms with Crippen molar-refractivity contribution in [2.24, 2.45) is 0 Å². The summed E-state index contributed by atoms with van der Waals surface area (Å²) in [4.78, 5) is 25.3. The number of methoxy groups -OCH3 is 1. The van der Waals surface area contributed by atoms with E-state index in [0.29, 0.717) is 33.6 Å². The van der Waals surface area contributed by atoms with E-state index in [9.17, 15) is 9.59 Å².